The number of hydrogen-bond donors (Lipinski definition) is 2. The number of nitrogens with one attached hydrogen (secondary N) is 2. The van der Waals surface area contributed by atoms with Crippen molar-refractivity contribution < 1.29 is 9.59 Å². The van der Waals surface area contributed by atoms with E-state index in [1.807, 2.05) is 55.5 Å². The average Bonchev–Trinajstić information content (AvgIpc) is 2.63. The number of anilines is 2. The second kappa shape index (κ2) is 9.61. The Kier molecular flexibility index (Phi) is 7.21. The maximum atomic E-state index is 12.0. The highest BCUT2D eigenvalue weighted by atomic mass is 16.2. The van der Waals surface area contributed by atoms with Crippen molar-refractivity contribution in [2.75, 3.05) is 23.3 Å². The van der Waals surface area contributed by atoms with Gasteiger partial charge in [-0.3, -0.25) is 9.59 Å². The lowest BCUT2D eigenvalue weighted by molar-refractivity contribution is -0.126. The first-order valence-electron chi connectivity index (χ1n) is 8.99. The topological polar surface area (TPSA) is 61.4 Å². The Morgan fingerprint density at radius 2 is 1.50 bits per heavy atom. The lowest BCUT2D eigenvalue weighted by Crippen LogP contribution is -2.27. The molecule has 2 aromatic rings. The molecule has 0 fully saturated rings. The fourth-order valence-corrected chi connectivity index (χ4v) is 2.66. The van der Waals surface area contributed by atoms with E-state index in [1.165, 1.54) is 5.56 Å². The van der Waals surface area contributed by atoms with Gasteiger partial charge in [-0.05, 0) is 50.6 Å². The van der Waals surface area contributed by atoms with E-state index < -0.39 is 0 Å². The van der Waals surface area contributed by atoms with Gasteiger partial charge in [0.2, 0.25) is 11.8 Å². The van der Waals surface area contributed by atoms with Crippen LogP contribution in [0.4, 0.5) is 11.4 Å². The molecule has 2 amide bonds. The Labute approximate surface area is 155 Å². The van der Waals surface area contributed by atoms with Gasteiger partial charge in [0.05, 0.1) is 0 Å². The fraction of sp³-hybridized carbons (Fsp3) is 0.333. The van der Waals surface area contributed by atoms with E-state index in [2.05, 4.69) is 29.4 Å². The molecule has 5 nitrogen and oxygen atoms in total. The molecule has 0 saturated heterocycles. The number of amides is 2. The lowest BCUT2D eigenvalue weighted by Gasteiger charge is -2.21. The number of nitrogens with zero attached hydrogens (tertiary/aromatic N) is 1. The van der Waals surface area contributed by atoms with Crippen LogP contribution in [0.25, 0.3) is 0 Å². The molecule has 0 radical (unpaired) electrons. The highest BCUT2D eigenvalue weighted by Gasteiger charge is 2.10. The van der Waals surface area contributed by atoms with Gasteiger partial charge >= 0.3 is 0 Å². The molecule has 0 aliphatic carbocycles. The zero-order chi connectivity index (χ0) is 18.9. The normalized spacial score (nSPS) is 10.3. The zero-order valence-electron chi connectivity index (χ0n) is 15.7. The SMILES string of the molecule is CCN(CC)c1ccc(NC(=O)CC(=O)NCc2ccc(C)cc2)cc1. The number of carbonyl (C=O) groups excluding carboxylic acids is 2. The molecule has 0 unspecified atom stereocenters. The van der Waals surface area contributed by atoms with E-state index in [1.54, 1.807) is 0 Å². The molecule has 0 aromatic heterocycles. The summed E-state index contributed by atoms with van der Waals surface area (Å²) in [7, 11) is 0. The van der Waals surface area contributed by atoms with Crippen LogP contribution in [0.1, 0.15) is 31.4 Å². The van der Waals surface area contributed by atoms with Crippen LogP contribution in [0.15, 0.2) is 48.5 Å². The third kappa shape index (κ3) is 5.92. The number of aryl methyl sites for hydroxylation is 1. The van der Waals surface area contributed by atoms with Crippen LogP contribution < -0.4 is 15.5 Å². The minimum absolute atomic E-state index is 0.191. The predicted octanol–water partition coefficient (Wildman–Crippen LogP) is 3.49. The Hall–Kier alpha value is -2.82. The predicted molar refractivity (Wildman–Crippen MR) is 106 cm³/mol. The van der Waals surface area contributed by atoms with Gasteiger partial charge in [0.25, 0.3) is 0 Å². The molecule has 138 valence electrons. The molecule has 2 N–H and O–H groups in total. The summed E-state index contributed by atoms with van der Waals surface area (Å²) < 4.78 is 0. The van der Waals surface area contributed by atoms with Gasteiger partial charge < -0.3 is 15.5 Å². The molecule has 0 bridgehead atoms. The van der Waals surface area contributed by atoms with Crippen molar-refractivity contribution in [3.05, 3.63) is 59.7 Å². The fourth-order valence-electron chi connectivity index (χ4n) is 2.66. The Balaban J connectivity index is 1.80. The van der Waals surface area contributed by atoms with Crippen molar-refractivity contribution in [2.24, 2.45) is 0 Å². The van der Waals surface area contributed by atoms with E-state index in [4.69, 9.17) is 0 Å². The molecule has 5 heteroatoms. The van der Waals surface area contributed by atoms with E-state index in [9.17, 15) is 9.59 Å². The van der Waals surface area contributed by atoms with E-state index in [-0.39, 0.29) is 18.2 Å². The van der Waals surface area contributed by atoms with E-state index >= 15 is 0 Å². The Morgan fingerprint density at radius 1 is 0.885 bits per heavy atom. The van der Waals surface area contributed by atoms with Crippen LogP contribution in [-0.2, 0) is 16.1 Å². The molecular weight excluding hydrogens is 326 g/mol. The summed E-state index contributed by atoms with van der Waals surface area (Å²) in [5.74, 6) is -0.607. The first-order valence-corrected chi connectivity index (χ1v) is 8.99. The summed E-state index contributed by atoms with van der Waals surface area (Å²) in [5, 5.41) is 5.53. The lowest BCUT2D eigenvalue weighted by atomic mass is 10.1. The van der Waals surface area contributed by atoms with Crippen LogP contribution in [0.5, 0.6) is 0 Å². The molecule has 0 aliphatic rings. The van der Waals surface area contributed by atoms with Crippen molar-refractivity contribution in [2.45, 2.75) is 33.7 Å². The quantitative estimate of drug-likeness (QED) is 0.714. The van der Waals surface area contributed by atoms with Crippen molar-refractivity contribution in [1.82, 2.24) is 5.32 Å². The number of benzene rings is 2. The minimum Gasteiger partial charge on any atom is -0.372 e. The molecule has 0 spiro atoms. The maximum absolute atomic E-state index is 12.0. The second-order valence-electron chi connectivity index (χ2n) is 6.21. The van der Waals surface area contributed by atoms with Crippen LogP contribution >= 0.6 is 0 Å². The molecule has 2 aromatic carbocycles. The van der Waals surface area contributed by atoms with Gasteiger partial charge in [-0.2, -0.15) is 0 Å². The summed E-state index contributed by atoms with van der Waals surface area (Å²) >= 11 is 0. The van der Waals surface area contributed by atoms with Gasteiger partial charge in [0, 0.05) is 31.0 Å². The Morgan fingerprint density at radius 3 is 2.08 bits per heavy atom. The van der Waals surface area contributed by atoms with Gasteiger partial charge in [0.15, 0.2) is 0 Å². The summed E-state index contributed by atoms with van der Waals surface area (Å²) in [4.78, 5) is 26.2. The molecule has 0 heterocycles. The molecule has 26 heavy (non-hydrogen) atoms. The summed E-state index contributed by atoms with van der Waals surface area (Å²) in [6.07, 6.45) is -0.191. The molecular formula is C21H27N3O2. The highest BCUT2D eigenvalue weighted by molar-refractivity contribution is 6.03. The third-order valence-corrected chi connectivity index (χ3v) is 4.21. The molecule has 0 atom stereocenters. The zero-order valence-corrected chi connectivity index (χ0v) is 15.7. The second-order valence-corrected chi connectivity index (χ2v) is 6.21. The molecule has 2 rings (SSSR count). The van der Waals surface area contributed by atoms with Crippen LogP contribution in [-0.4, -0.2) is 24.9 Å². The number of hydrogen-bond acceptors (Lipinski definition) is 3. The van der Waals surface area contributed by atoms with Gasteiger partial charge in [-0.25, -0.2) is 0 Å². The van der Waals surface area contributed by atoms with Gasteiger partial charge in [-0.1, -0.05) is 29.8 Å². The average molecular weight is 353 g/mol. The minimum atomic E-state index is -0.318. The summed E-state index contributed by atoms with van der Waals surface area (Å²) in [6, 6.07) is 15.6. The van der Waals surface area contributed by atoms with E-state index in [0.29, 0.717) is 12.2 Å². The molecule has 0 saturated carbocycles. The smallest absolute Gasteiger partial charge is 0.233 e. The highest BCUT2D eigenvalue weighted by Crippen LogP contribution is 2.17. The van der Waals surface area contributed by atoms with Crippen molar-refractivity contribution in [1.29, 1.82) is 0 Å². The Bertz CT molecular complexity index is 720. The monoisotopic (exact) mass is 353 g/mol. The third-order valence-electron chi connectivity index (χ3n) is 4.21. The van der Waals surface area contributed by atoms with Gasteiger partial charge in [-0.15, -0.1) is 0 Å². The van der Waals surface area contributed by atoms with Crippen LogP contribution in [0.2, 0.25) is 0 Å². The van der Waals surface area contributed by atoms with Crippen molar-refractivity contribution >= 4 is 23.2 Å². The summed E-state index contributed by atoms with van der Waals surface area (Å²) in [5.41, 5.74) is 3.99. The first-order chi connectivity index (χ1) is 12.5. The van der Waals surface area contributed by atoms with Crippen molar-refractivity contribution in [3.63, 3.8) is 0 Å². The number of carbonyl (C=O) groups is 2. The number of rotatable bonds is 8. The van der Waals surface area contributed by atoms with Gasteiger partial charge in [0.1, 0.15) is 6.42 Å². The molecule has 0 aliphatic heterocycles. The largest absolute Gasteiger partial charge is 0.372 e. The maximum Gasteiger partial charge on any atom is 0.233 e. The summed E-state index contributed by atoms with van der Waals surface area (Å²) in [6.45, 7) is 8.52. The van der Waals surface area contributed by atoms with Crippen LogP contribution in [0.3, 0.4) is 0 Å². The standard InChI is InChI=1S/C21H27N3O2/c1-4-24(5-2)19-12-10-18(11-13-19)23-21(26)14-20(25)22-15-17-8-6-16(3)7-9-17/h6-13H,4-5,14-15H2,1-3H3,(H,22,25)(H,23,26). The van der Waals surface area contributed by atoms with E-state index in [0.717, 1.165) is 24.3 Å². The first kappa shape index (κ1) is 19.5. The van der Waals surface area contributed by atoms with Crippen molar-refractivity contribution in [3.8, 4) is 0 Å². The van der Waals surface area contributed by atoms with Crippen LogP contribution in [0, 0.1) is 6.92 Å².